The predicted octanol–water partition coefficient (Wildman–Crippen LogP) is 3.28. The first-order valence-corrected chi connectivity index (χ1v) is 8.51. The van der Waals surface area contributed by atoms with E-state index >= 15 is 0 Å². The van der Waals surface area contributed by atoms with Gasteiger partial charge in [0.15, 0.2) is 5.82 Å². The van der Waals surface area contributed by atoms with Crippen LogP contribution in [0.15, 0.2) is 24.3 Å². The fourth-order valence-corrected chi connectivity index (χ4v) is 2.20. The summed E-state index contributed by atoms with van der Waals surface area (Å²) in [5.74, 6) is -7.44. The van der Waals surface area contributed by atoms with Crippen molar-refractivity contribution in [2.24, 2.45) is 0 Å². The number of aromatic nitrogens is 1. The lowest BCUT2D eigenvalue weighted by molar-refractivity contribution is -0.154. The number of hydrogen-bond donors (Lipinski definition) is 1. The summed E-state index contributed by atoms with van der Waals surface area (Å²) in [4.78, 5) is 39.3. The number of methoxy groups -OCH3 is 1. The van der Waals surface area contributed by atoms with Crippen LogP contribution < -0.4 is 10.1 Å². The number of benzene rings is 1. The molecule has 11 heteroatoms. The van der Waals surface area contributed by atoms with Crippen LogP contribution in [0.2, 0.25) is 0 Å². The third-order valence-corrected chi connectivity index (χ3v) is 3.40. The number of rotatable bonds is 7. The van der Waals surface area contributed by atoms with Gasteiger partial charge in [-0.1, -0.05) is 0 Å². The number of pyridine rings is 1. The summed E-state index contributed by atoms with van der Waals surface area (Å²) < 4.78 is 55.1. The number of nitrogens with one attached hydrogen (secondary N) is 1. The Kier molecular flexibility index (Phi) is 7.34. The van der Waals surface area contributed by atoms with Crippen LogP contribution in [0.3, 0.4) is 0 Å². The van der Waals surface area contributed by atoms with Crippen molar-refractivity contribution in [3.8, 4) is 5.88 Å². The zero-order valence-electron chi connectivity index (χ0n) is 16.1. The summed E-state index contributed by atoms with van der Waals surface area (Å²) in [5, 5.41) is 2.39. The van der Waals surface area contributed by atoms with Gasteiger partial charge in [-0.15, -0.1) is 0 Å². The van der Waals surface area contributed by atoms with Gasteiger partial charge < -0.3 is 19.5 Å². The highest BCUT2D eigenvalue weighted by Crippen LogP contribution is 2.27. The van der Waals surface area contributed by atoms with Gasteiger partial charge in [0.2, 0.25) is 0 Å². The summed E-state index contributed by atoms with van der Waals surface area (Å²) in [6, 6.07) is 3.18. The highest BCUT2D eigenvalue weighted by atomic mass is 19.1. The molecular formula is C19H17F3N2O6. The molecule has 160 valence electrons. The second-order valence-corrected chi connectivity index (χ2v) is 6.10. The molecule has 0 saturated heterocycles. The van der Waals surface area contributed by atoms with Gasteiger partial charge in [-0.3, -0.25) is 9.59 Å². The van der Waals surface area contributed by atoms with E-state index in [0.717, 1.165) is 19.2 Å². The molecule has 0 spiro atoms. The number of halogens is 3. The van der Waals surface area contributed by atoms with Crippen LogP contribution in [0.25, 0.3) is 0 Å². The summed E-state index contributed by atoms with van der Waals surface area (Å²) in [5.41, 5.74) is -0.888. The van der Waals surface area contributed by atoms with Crippen LogP contribution in [-0.2, 0) is 19.1 Å². The first-order valence-electron chi connectivity index (χ1n) is 8.51. The molecule has 0 radical (unpaired) electrons. The molecule has 2 aromatic rings. The number of nitrogens with zero attached hydrogens (tertiary/aromatic N) is 1. The Bertz CT molecular complexity index is 981. The van der Waals surface area contributed by atoms with E-state index in [-0.39, 0.29) is 5.69 Å². The summed E-state index contributed by atoms with van der Waals surface area (Å²) >= 11 is 0. The molecule has 1 heterocycles. The summed E-state index contributed by atoms with van der Waals surface area (Å²) in [7, 11) is 1.11. The van der Waals surface area contributed by atoms with Crippen molar-refractivity contribution in [1.82, 2.24) is 4.98 Å². The second kappa shape index (κ2) is 9.72. The van der Waals surface area contributed by atoms with E-state index in [9.17, 15) is 27.6 Å². The average Bonchev–Trinajstić information content (AvgIpc) is 2.63. The Morgan fingerprint density at radius 3 is 2.37 bits per heavy atom. The molecule has 0 fully saturated rings. The molecule has 2 rings (SSSR count). The quantitative estimate of drug-likeness (QED) is 0.532. The Morgan fingerprint density at radius 2 is 1.77 bits per heavy atom. The number of esters is 3. The van der Waals surface area contributed by atoms with Gasteiger partial charge in [0.05, 0.1) is 18.9 Å². The first kappa shape index (κ1) is 22.7. The van der Waals surface area contributed by atoms with Gasteiger partial charge in [0, 0.05) is 6.07 Å². The monoisotopic (exact) mass is 426 g/mol. The molecule has 0 atom stereocenters. The van der Waals surface area contributed by atoms with Crippen LogP contribution >= 0.6 is 0 Å². The molecule has 0 aliphatic carbocycles. The van der Waals surface area contributed by atoms with Crippen LogP contribution in [-0.4, -0.2) is 36.1 Å². The fourth-order valence-electron chi connectivity index (χ4n) is 2.20. The molecule has 0 aliphatic rings. The maximum Gasteiger partial charge on any atom is 0.349 e. The SMILES string of the molecule is COc1nc(Nc2ccc(F)cc2F)c(C(=O)OC(=O)CC(=O)OC(C)C)cc1F. The zero-order valence-corrected chi connectivity index (χ0v) is 16.1. The molecule has 1 aromatic heterocycles. The molecule has 30 heavy (non-hydrogen) atoms. The topological polar surface area (TPSA) is 104 Å². The third kappa shape index (κ3) is 5.93. The zero-order chi connectivity index (χ0) is 22.4. The van der Waals surface area contributed by atoms with E-state index in [1.54, 1.807) is 13.8 Å². The molecule has 1 aromatic carbocycles. The van der Waals surface area contributed by atoms with Crippen molar-refractivity contribution in [2.75, 3.05) is 12.4 Å². The van der Waals surface area contributed by atoms with Crippen LogP contribution in [0.1, 0.15) is 30.6 Å². The number of anilines is 2. The van der Waals surface area contributed by atoms with E-state index in [2.05, 4.69) is 15.0 Å². The number of carbonyl (C=O) groups excluding carboxylic acids is 3. The first-order chi connectivity index (χ1) is 14.1. The molecule has 8 nitrogen and oxygen atoms in total. The van der Waals surface area contributed by atoms with Gasteiger partial charge in [0.1, 0.15) is 29.4 Å². The van der Waals surface area contributed by atoms with Gasteiger partial charge in [0.25, 0.3) is 5.88 Å². The van der Waals surface area contributed by atoms with Crippen molar-refractivity contribution < 1.29 is 41.8 Å². The van der Waals surface area contributed by atoms with Gasteiger partial charge in [-0.05, 0) is 32.0 Å². The normalized spacial score (nSPS) is 10.5. The third-order valence-electron chi connectivity index (χ3n) is 3.40. The molecular weight excluding hydrogens is 409 g/mol. The lowest BCUT2D eigenvalue weighted by Crippen LogP contribution is -2.20. The Hall–Kier alpha value is -3.63. The summed E-state index contributed by atoms with van der Waals surface area (Å²) in [6.07, 6.45) is -1.34. The van der Waals surface area contributed by atoms with Crippen molar-refractivity contribution in [2.45, 2.75) is 26.4 Å². The molecule has 0 bridgehead atoms. The van der Waals surface area contributed by atoms with E-state index in [4.69, 9.17) is 9.47 Å². The molecule has 0 aliphatic heterocycles. The maximum atomic E-state index is 14.0. The standard InChI is InChI=1S/C19H17F3N2O6/c1-9(2)29-15(25)8-16(26)30-19(27)11-7-13(22)18(28-3)24-17(11)23-14-5-4-10(20)6-12(14)21/h4-7,9H,8H2,1-3H3,(H,23,24). The van der Waals surface area contributed by atoms with Crippen molar-refractivity contribution >= 4 is 29.4 Å². The Morgan fingerprint density at radius 1 is 1.07 bits per heavy atom. The molecule has 1 N–H and O–H groups in total. The molecule has 0 unspecified atom stereocenters. The minimum absolute atomic E-state index is 0.293. The van der Waals surface area contributed by atoms with Crippen molar-refractivity contribution in [3.63, 3.8) is 0 Å². The second-order valence-electron chi connectivity index (χ2n) is 6.10. The minimum atomic E-state index is -1.36. The Balaban J connectivity index is 2.29. The van der Waals surface area contributed by atoms with Crippen LogP contribution in [0.5, 0.6) is 5.88 Å². The van der Waals surface area contributed by atoms with Crippen LogP contribution in [0, 0.1) is 17.5 Å². The molecule has 0 amide bonds. The largest absolute Gasteiger partial charge is 0.479 e. The number of hydrogen-bond acceptors (Lipinski definition) is 8. The van der Waals surface area contributed by atoms with Crippen molar-refractivity contribution in [1.29, 1.82) is 0 Å². The highest BCUT2D eigenvalue weighted by Gasteiger charge is 2.24. The predicted molar refractivity (Wildman–Crippen MR) is 96.7 cm³/mol. The minimum Gasteiger partial charge on any atom is -0.479 e. The fraction of sp³-hybridized carbons (Fsp3) is 0.263. The molecule has 0 saturated carbocycles. The lowest BCUT2D eigenvalue weighted by Gasteiger charge is -2.13. The van der Waals surface area contributed by atoms with E-state index in [1.807, 2.05) is 0 Å². The number of ether oxygens (including phenoxy) is 3. The Labute approximate surface area is 168 Å². The average molecular weight is 426 g/mol. The highest BCUT2D eigenvalue weighted by molar-refractivity contribution is 6.04. The van der Waals surface area contributed by atoms with Gasteiger partial charge >= 0.3 is 17.9 Å². The van der Waals surface area contributed by atoms with E-state index in [1.165, 1.54) is 0 Å². The lowest BCUT2D eigenvalue weighted by atomic mass is 10.2. The maximum absolute atomic E-state index is 14.0. The number of carbonyl (C=O) groups is 3. The van der Waals surface area contributed by atoms with Crippen LogP contribution in [0.4, 0.5) is 24.7 Å². The van der Waals surface area contributed by atoms with E-state index in [0.29, 0.717) is 12.1 Å². The van der Waals surface area contributed by atoms with Gasteiger partial charge in [-0.25, -0.2) is 18.0 Å². The van der Waals surface area contributed by atoms with Gasteiger partial charge in [-0.2, -0.15) is 4.98 Å². The summed E-state index contributed by atoms with van der Waals surface area (Å²) in [6.45, 7) is 3.12. The van der Waals surface area contributed by atoms with E-state index < -0.39 is 65.1 Å². The smallest absolute Gasteiger partial charge is 0.349 e. The van der Waals surface area contributed by atoms with Crippen molar-refractivity contribution in [3.05, 3.63) is 47.3 Å².